The molecule has 2 atom stereocenters. The SMILES string of the molecule is COc1ccc(/C=C/C(=O)C(O)(C(=O)O)C(O)C(=O)O)cc1O. The van der Waals surface area contributed by atoms with Crippen LogP contribution in [0.25, 0.3) is 6.08 Å². The smallest absolute Gasteiger partial charge is 0.347 e. The number of aliphatic hydroxyl groups excluding tert-OH is 1. The summed E-state index contributed by atoms with van der Waals surface area (Å²) in [6.45, 7) is 0. The highest BCUT2D eigenvalue weighted by Gasteiger charge is 2.53. The number of ketones is 1. The van der Waals surface area contributed by atoms with Gasteiger partial charge in [0.1, 0.15) is 0 Å². The Morgan fingerprint density at radius 1 is 1.26 bits per heavy atom. The fourth-order valence-electron chi connectivity index (χ4n) is 1.65. The Morgan fingerprint density at radius 3 is 2.30 bits per heavy atom. The van der Waals surface area contributed by atoms with Crippen LogP contribution in [0.1, 0.15) is 5.56 Å². The molecule has 9 nitrogen and oxygen atoms in total. The second-order valence-corrected chi connectivity index (χ2v) is 4.44. The molecule has 5 N–H and O–H groups in total. The van der Waals surface area contributed by atoms with Crippen molar-refractivity contribution in [3.8, 4) is 11.5 Å². The van der Waals surface area contributed by atoms with Crippen LogP contribution in [0, 0.1) is 0 Å². The molecule has 0 radical (unpaired) electrons. The monoisotopic (exact) mass is 326 g/mol. The summed E-state index contributed by atoms with van der Waals surface area (Å²) in [5.74, 6) is -5.91. The number of phenols is 1. The Hall–Kier alpha value is -2.91. The van der Waals surface area contributed by atoms with Gasteiger partial charge in [-0.2, -0.15) is 0 Å². The number of carboxylic acids is 2. The minimum absolute atomic E-state index is 0.164. The number of aromatic hydroxyl groups is 1. The largest absolute Gasteiger partial charge is 0.504 e. The molecule has 0 saturated heterocycles. The van der Waals surface area contributed by atoms with Gasteiger partial charge < -0.3 is 30.3 Å². The van der Waals surface area contributed by atoms with Crippen LogP contribution >= 0.6 is 0 Å². The number of hydrogen-bond donors (Lipinski definition) is 5. The third kappa shape index (κ3) is 3.65. The summed E-state index contributed by atoms with van der Waals surface area (Å²) < 4.78 is 4.81. The van der Waals surface area contributed by atoms with Crippen LogP contribution in [-0.4, -0.2) is 62.1 Å². The lowest BCUT2D eigenvalue weighted by molar-refractivity contribution is -0.184. The van der Waals surface area contributed by atoms with Crippen molar-refractivity contribution < 1.29 is 44.7 Å². The number of carbonyl (C=O) groups excluding carboxylic acids is 1. The first-order valence-electron chi connectivity index (χ1n) is 6.10. The van der Waals surface area contributed by atoms with Crippen molar-refractivity contribution in [2.24, 2.45) is 0 Å². The number of carbonyl (C=O) groups is 3. The Kier molecular flexibility index (Phi) is 5.44. The van der Waals surface area contributed by atoms with Gasteiger partial charge in [0.2, 0.25) is 5.78 Å². The zero-order valence-corrected chi connectivity index (χ0v) is 11.8. The highest BCUT2D eigenvalue weighted by atomic mass is 16.5. The number of phenolic OH excluding ortho intramolecular Hbond substituents is 1. The van der Waals surface area contributed by atoms with Gasteiger partial charge in [-0.3, -0.25) is 4.79 Å². The van der Waals surface area contributed by atoms with Crippen molar-refractivity contribution >= 4 is 23.8 Å². The Bertz CT molecular complexity index is 664. The molecule has 0 amide bonds. The van der Waals surface area contributed by atoms with E-state index in [4.69, 9.17) is 14.9 Å². The molecule has 1 rings (SSSR count). The molecule has 0 bridgehead atoms. The number of aliphatic carboxylic acids is 2. The molecule has 0 saturated carbocycles. The fraction of sp³-hybridized carbons (Fsp3) is 0.214. The lowest BCUT2D eigenvalue weighted by Gasteiger charge is -2.22. The average Bonchev–Trinajstić information content (AvgIpc) is 2.50. The van der Waals surface area contributed by atoms with Crippen LogP contribution < -0.4 is 4.74 Å². The lowest BCUT2D eigenvalue weighted by Crippen LogP contribution is -2.58. The summed E-state index contributed by atoms with van der Waals surface area (Å²) in [6.07, 6.45) is -1.23. The van der Waals surface area contributed by atoms with Crippen molar-refractivity contribution in [2.45, 2.75) is 11.7 Å². The third-order valence-corrected chi connectivity index (χ3v) is 2.96. The minimum Gasteiger partial charge on any atom is -0.504 e. The number of hydrogen-bond acceptors (Lipinski definition) is 7. The van der Waals surface area contributed by atoms with Crippen LogP contribution in [0.15, 0.2) is 24.3 Å². The van der Waals surface area contributed by atoms with Crippen LogP contribution in [0.4, 0.5) is 0 Å². The van der Waals surface area contributed by atoms with Crippen LogP contribution in [0.5, 0.6) is 11.5 Å². The fourth-order valence-corrected chi connectivity index (χ4v) is 1.65. The van der Waals surface area contributed by atoms with Crippen molar-refractivity contribution in [1.29, 1.82) is 0 Å². The molecule has 0 aliphatic carbocycles. The Morgan fingerprint density at radius 2 is 1.87 bits per heavy atom. The number of ether oxygens (including phenoxy) is 1. The molecule has 0 fully saturated rings. The highest BCUT2D eigenvalue weighted by Crippen LogP contribution is 2.27. The first kappa shape index (κ1) is 18.1. The predicted octanol–water partition coefficient (Wildman–Crippen LogP) is -0.756. The summed E-state index contributed by atoms with van der Waals surface area (Å²) in [5.41, 5.74) is -3.29. The van der Waals surface area contributed by atoms with E-state index in [9.17, 15) is 29.7 Å². The molecule has 0 aliphatic rings. The van der Waals surface area contributed by atoms with Crippen LogP contribution in [-0.2, 0) is 14.4 Å². The number of methoxy groups -OCH3 is 1. The Labute approximate surface area is 129 Å². The van der Waals surface area contributed by atoms with E-state index in [1.54, 1.807) is 0 Å². The maximum Gasteiger partial charge on any atom is 0.347 e. The van der Waals surface area contributed by atoms with Gasteiger partial charge in [-0.05, 0) is 23.8 Å². The summed E-state index contributed by atoms with van der Waals surface area (Å²) >= 11 is 0. The number of benzene rings is 1. The van der Waals surface area contributed by atoms with E-state index in [1.807, 2.05) is 0 Å². The number of carboxylic acid groups (broad SMARTS) is 2. The zero-order chi connectivity index (χ0) is 17.8. The van der Waals surface area contributed by atoms with Gasteiger partial charge in [0, 0.05) is 0 Å². The van der Waals surface area contributed by atoms with Crippen molar-refractivity contribution in [3.05, 3.63) is 29.8 Å². The maximum atomic E-state index is 11.8. The van der Waals surface area contributed by atoms with E-state index < -0.39 is 29.4 Å². The van der Waals surface area contributed by atoms with Gasteiger partial charge >= 0.3 is 11.9 Å². The maximum absolute atomic E-state index is 11.8. The van der Waals surface area contributed by atoms with Crippen LogP contribution in [0.2, 0.25) is 0 Å². The molecular weight excluding hydrogens is 312 g/mol. The summed E-state index contributed by atoms with van der Waals surface area (Å²) in [5, 5.41) is 46.0. The normalized spacial score (nSPS) is 14.9. The number of aliphatic hydroxyl groups is 2. The second-order valence-electron chi connectivity index (χ2n) is 4.44. The molecule has 0 spiro atoms. The average molecular weight is 326 g/mol. The molecule has 1 aromatic rings. The van der Waals surface area contributed by atoms with E-state index in [0.717, 1.165) is 6.08 Å². The van der Waals surface area contributed by atoms with E-state index in [1.165, 1.54) is 25.3 Å². The molecule has 0 aromatic heterocycles. The minimum atomic E-state index is -3.53. The Balaban J connectivity index is 3.10. The van der Waals surface area contributed by atoms with E-state index >= 15 is 0 Å². The quantitative estimate of drug-likeness (QED) is 0.320. The first-order valence-corrected chi connectivity index (χ1v) is 6.10. The van der Waals surface area contributed by atoms with Gasteiger partial charge in [-0.25, -0.2) is 9.59 Å². The van der Waals surface area contributed by atoms with Crippen molar-refractivity contribution in [1.82, 2.24) is 0 Å². The molecule has 0 heterocycles. The standard InChI is InChI=1S/C14H14O9/c1-23-9-4-2-7(6-8(9)15)3-5-10(16)14(22,13(20)21)11(17)12(18)19/h2-6,11,15,17,22H,1H3,(H,18,19)(H,20,21)/b5-3+. The van der Waals surface area contributed by atoms with Gasteiger partial charge in [-0.1, -0.05) is 12.1 Å². The molecular formula is C14H14O9. The van der Waals surface area contributed by atoms with E-state index in [0.29, 0.717) is 6.08 Å². The molecule has 2 unspecified atom stereocenters. The number of rotatable bonds is 7. The van der Waals surface area contributed by atoms with Crippen LogP contribution in [0.3, 0.4) is 0 Å². The van der Waals surface area contributed by atoms with Gasteiger partial charge in [0.25, 0.3) is 5.60 Å². The van der Waals surface area contributed by atoms with E-state index in [2.05, 4.69) is 0 Å². The molecule has 0 aliphatic heterocycles. The molecule has 124 valence electrons. The highest BCUT2D eigenvalue weighted by molar-refractivity contribution is 6.16. The van der Waals surface area contributed by atoms with E-state index in [-0.39, 0.29) is 17.1 Å². The molecule has 1 aromatic carbocycles. The third-order valence-electron chi connectivity index (χ3n) is 2.96. The summed E-state index contributed by atoms with van der Waals surface area (Å²) in [4.78, 5) is 33.4. The molecule has 9 heteroatoms. The zero-order valence-electron chi connectivity index (χ0n) is 11.8. The summed E-state index contributed by atoms with van der Waals surface area (Å²) in [7, 11) is 1.33. The van der Waals surface area contributed by atoms with Crippen molar-refractivity contribution in [3.63, 3.8) is 0 Å². The predicted molar refractivity (Wildman–Crippen MR) is 74.9 cm³/mol. The van der Waals surface area contributed by atoms with Gasteiger partial charge in [0.05, 0.1) is 7.11 Å². The molecule has 23 heavy (non-hydrogen) atoms. The van der Waals surface area contributed by atoms with Gasteiger partial charge in [0.15, 0.2) is 17.6 Å². The topological polar surface area (TPSA) is 162 Å². The van der Waals surface area contributed by atoms with Crippen molar-refractivity contribution in [2.75, 3.05) is 7.11 Å². The second kappa shape index (κ2) is 6.90. The summed E-state index contributed by atoms with van der Waals surface area (Å²) in [6, 6.07) is 3.97. The van der Waals surface area contributed by atoms with Gasteiger partial charge in [-0.15, -0.1) is 0 Å². The lowest BCUT2D eigenvalue weighted by atomic mass is 9.91. The first-order chi connectivity index (χ1) is 10.6.